The lowest BCUT2D eigenvalue weighted by Crippen LogP contribution is -2.27. The van der Waals surface area contributed by atoms with Crippen molar-refractivity contribution in [3.63, 3.8) is 0 Å². The van der Waals surface area contributed by atoms with Gasteiger partial charge in [-0.25, -0.2) is 0 Å². The summed E-state index contributed by atoms with van der Waals surface area (Å²) in [5.74, 6) is 0.372. The molecule has 1 saturated heterocycles. The van der Waals surface area contributed by atoms with Crippen LogP contribution in [0, 0.1) is 11.3 Å². The number of carbonyl (C=O) groups excluding carboxylic acids is 1. The van der Waals surface area contributed by atoms with Crippen molar-refractivity contribution >= 4 is 17.3 Å². The van der Waals surface area contributed by atoms with Crippen molar-refractivity contribution in [3.05, 3.63) is 54.1 Å². The minimum absolute atomic E-state index is 0.0692. The molecule has 0 aliphatic carbocycles. The second-order valence-electron chi connectivity index (χ2n) is 6.39. The molecule has 134 valence electrons. The van der Waals surface area contributed by atoms with E-state index in [0.29, 0.717) is 11.3 Å². The maximum Gasteiger partial charge on any atom is 0.262 e. The van der Waals surface area contributed by atoms with Crippen molar-refractivity contribution in [2.24, 2.45) is 0 Å². The van der Waals surface area contributed by atoms with E-state index in [1.807, 2.05) is 18.2 Å². The first-order valence-corrected chi connectivity index (χ1v) is 9.03. The number of nitrogens with zero attached hydrogens (tertiary/aromatic N) is 2. The quantitative estimate of drug-likeness (QED) is 0.887. The molecule has 0 spiro atoms. The third-order valence-corrected chi connectivity index (χ3v) is 4.48. The van der Waals surface area contributed by atoms with Crippen molar-refractivity contribution in [2.45, 2.75) is 25.7 Å². The van der Waals surface area contributed by atoms with Crippen LogP contribution in [0.2, 0.25) is 0 Å². The van der Waals surface area contributed by atoms with Crippen molar-refractivity contribution in [1.29, 1.82) is 5.26 Å². The van der Waals surface area contributed by atoms with Gasteiger partial charge in [-0.3, -0.25) is 4.79 Å². The van der Waals surface area contributed by atoms with E-state index >= 15 is 0 Å². The number of nitriles is 1. The molecule has 1 N–H and O–H groups in total. The first-order chi connectivity index (χ1) is 12.8. The van der Waals surface area contributed by atoms with Gasteiger partial charge in [0.15, 0.2) is 6.61 Å². The molecule has 26 heavy (non-hydrogen) atoms. The molecule has 2 aromatic carbocycles. The van der Waals surface area contributed by atoms with Crippen molar-refractivity contribution < 1.29 is 9.53 Å². The predicted octanol–water partition coefficient (Wildman–Crippen LogP) is 3.96. The summed E-state index contributed by atoms with van der Waals surface area (Å²) in [7, 11) is 0. The van der Waals surface area contributed by atoms with Gasteiger partial charge in [0.05, 0.1) is 23.0 Å². The fourth-order valence-electron chi connectivity index (χ4n) is 3.13. The van der Waals surface area contributed by atoms with Gasteiger partial charge in [-0.1, -0.05) is 25.0 Å². The molecule has 1 aliphatic rings. The van der Waals surface area contributed by atoms with Gasteiger partial charge in [0.25, 0.3) is 5.91 Å². The molecule has 5 nitrogen and oxygen atoms in total. The van der Waals surface area contributed by atoms with E-state index in [0.717, 1.165) is 24.5 Å². The van der Waals surface area contributed by atoms with Crippen molar-refractivity contribution in [1.82, 2.24) is 0 Å². The average Bonchev–Trinajstić information content (AvgIpc) is 2.96. The summed E-state index contributed by atoms with van der Waals surface area (Å²) in [4.78, 5) is 14.7. The largest absolute Gasteiger partial charge is 0.484 e. The molecule has 0 radical (unpaired) electrons. The lowest BCUT2D eigenvalue weighted by molar-refractivity contribution is -0.118. The number of carbonyl (C=O) groups is 1. The molecule has 0 atom stereocenters. The van der Waals surface area contributed by atoms with Crippen LogP contribution in [0.3, 0.4) is 0 Å². The first-order valence-electron chi connectivity index (χ1n) is 9.03. The highest BCUT2D eigenvalue weighted by molar-refractivity contribution is 5.95. The van der Waals surface area contributed by atoms with Gasteiger partial charge in [0.2, 0.25) is 0 Å². The Balaban J connectivity index is 1.61. The van der Waals surface area contributed by atoms with Crippen LogP contribution in [0.15, 0.2) is 48.5 Å². The fourth-order valence-corrected chi connectivity index (χ4v) is 3.13. The summed E-state index contributed by atoms with van der Waals surface area (Å²) in [5.41, 5.74) is 2.46. The van der Waals surface area contributed by atoms with Crippen LogP contribution in [0.25, 0.3) is 0 Å². The van der Waals surface area contributed by atoms with E-state index in [1.165, 1.54) is 25.7 Å². The van der Waals surface area contributed by atoms with Crippen LogP contribution >= 0.6 is 0 Å². The zero-order valence-corrected chi connectivity index (χ0v) is 14.8. The van der Waals surface area contributed by atoms with Gasteiger partial charge in [-0.15, -0.1) is 0 Å². The van der Waals surface area contributed by atoms with E-state index in [4.69, 9.17) is 10.00 Å². The fraction of sp³-hybridized carbons (Fsp3) is 0.333. The molecule has 1 aliphatic heterocycles. The maximum absolute atomic E-state index is 12.3. The van der Waals surface area contributed by atoms with Gasteiger partial charge >= 0.3 is 0 Å². The minimum atomic E-state index is -0.198. The smallest absolute Gasteiger partial charge is 0.262 e. The molecule has 1 fully saturated rings. The number of hydrogen-bond donors (Lipinski definition) is 1. The number of nitrogens with one attached hydrogen (secondary N) is 1. The molecule has 1 amide bonds. The molecular formula is C21H23N3O2. The number of amides is 1. The maximum atomic E-state index is 12.3. The second kappa shape index (κ2) is 8.91. The van der Waals surface area contributed by atoms with Crippen LogP contribution in [-0.2, 0) is 4.79 Å². The third kappa shape index (κ3) is 4.76. The highest BCUT2D eigenvalue weighted by Crippen LogP contribution is 2.28. The molecule has 5 heteroatoms. The summed E-state index contributed by atoms with van der Waals surface area (Å²) in [6.07, 6.45) is 4.90. The lowest BCUT2D eigenvalue weighted by atomic mass is 10.2. The molecule has 3 rings (SSSR count). The number of hydrogen-bond acceptors (Lipinski definition) is 4. The molecular weight excluding hydrogens is 326 g/mol. The zero-order valence-electron chi connectivity index (χ0n) is 14.8. The van der Waals surface area contributed by atoms with Gasteiger partial charge in [0, 0.05) is 13.1 Å². The average molecular weight is 349 g/mol. The van der Waals surface area contributed by atoms with Gasteiger partial charge in [-0.05, 0) is 49.2 Å². The Bertz CT molecular complexity index is 773. The van der Waals surface area contributed by atoms with Crippen molar-refractivity contribution in [3.8, 4) is 11.8 Å². The topological polar surface area (TPSA) is 65.4 Å². The molecule has 0 bridgehead atoms. The summed E-state index contributed by atoms with van der Waals surface area (Å²) < 4.78 is 5.51. The molecule has 0 unspecified atom stereocenters. The molecule has 0 aromatic heterocycles. The molecule has 1 heterocycles. The highest BCUT2D eigenvalue weighted by atomic mass is 16.5. The standard InChI is InChI=1S/C21H23N3O2/c22-15-17-9-11-18(12-10-17)26-16-21(25)23-19-7-3-4-8-20(19)24-13-5-1-2-6-14-24/h3-4,7-12H,1-2,5-6,13-14,16H2,(H,23,25). The minimum Gasteiger partial charge on any atom is -0.484 e. The number of benzene rings is 2. The Kier molecular flexibility index (Phi) is 6.10. The van der Waals surface area contributed by atoms with Crippen LogP contribution < -0.4 is 15.0 Å². The molecule has 0 saturated carbocycles. The summed E-state index contributed by atoms with van der Waals surface area (Å²) in [6, 6.07) is 16.7. The third-order valence-electron chi connectivity index (χ3n) is 4.48. The zero-order chi connectivity index (χ0) is 18.2. The van der Waals surface area contributed by atoms with Gasteiger partial charge in [0.1, 0.15) is 5.75 Å². The Morgan fingerprint density at radius 2 is 1.73 bits per heavy atom. The Hall–Kier alpha value is -3.00. The normalized spacial score (nSPS) is 14.2. The van der Waals surface area contributed by atoms with Crippen LogP contribution in [0.1, 0.15) is 31.2 Å². The highest BCUT2D eigenvalue weighted by Gasteiger charge is 2.15. The Morgan fingerprint density at radius 1 is 1.04 bits per heavy atom. The van der Waals surface area contributed by atoms with Gasteiger partial charge in [-0.2, -0.15) is 5.26 Å². The van der Waals surface area contributed by atoms with Crippen molar-refractivity contribution in [2.75, 3.05) is 29.9 Å². The van der Waals surface area contributed by atoms with Crippen LogP contribution in [-0.4, -0.2) is 25.6 Å². The summed E-state index contributed by atoms with van der Waals surface area (Å²) in [5, 5.41) is 11.8. The first kappa shape index (κ1) is 17.8. The number of rotatable bonds is 5. The van der Waals surface area contributed by atoms with E-state index < -0.39 is 0 Å². The van der Waals surface area contributed by atoms with E-state index in [2.05, 4.69) is 22.4 Å². The van der Waals surface area contributed by atoms with E-state index in [1.54, 1.807) is 24.3 Å². The van der Waals surface area contributed by atoms with Crippen LogP contribution in [0.5, 0.6) is 5.75 Å². The lowest BCUT2D eigenvalue weighted by Gasteiger charge is -2.25. The number of para-hydroxylation sites is 2. The summed E-state index contributed by atoms with van der Waals surface area (Å²) >= 11 is 0. The Labute approximate surface area is 154 Å². The monoisotopic (exact) mass is 349 g/mol. The summed E-state index contributed by atoms with van der Waals surface area (Å²) in [6.45, 7) is 1.98. The second-order valence-corrected chi connectivity index (χ2v) is 6.39. The van der Waals surface area contributed by atoms with E-state index in [9.17, 15) is 4.79 Å². The number of ether oxygens (including phenoxy) is 1. The predicted molar refractivity (Wildman–Crippen MR) is 102 cm³/mol. The van der Waals surface area contributed by atoms with Gasteiger partial charge < -0.3 is 15.0 Å². The molecule has 2 aromatic rings. The van der Waals surface area contributed by atoms with Crippen LogP contribution in [0.4, 0.5) is 11.4 Å². The SMILES string of the molecule is N#Cc1ccc(OCC(=O)Nc2ccccc2N2CCCCCC2)cc1. The van der Waals surface area contributed by atoms with E-state index in [-0.39, 0.29) is 12.5 Å². The Morgan fingerprint density at radius 3 is 2.42 bits per heavy atom. The number of anilines is 2.